The van der Waals surface area contributed by atoms with Crippen molar-refractivity contribution in [2.45, 2.75) is 37.9 Å². The molecule has 0 spiro atoms. The van der Waals surface area contributed by atoms with Crippen LogP contribution in [0.15, 0.2) is 12.1 Å². The highest BCUT2D eigenvalue weighted by molar-refractivity contribution is 5.62. The lowest BCUT2D eigenvalue weighted by Crippen LogP contribution is -2.39. The van der Waals surface area contributed by atoms with Gasteiger partial charge in [0, 0.05) is 12.6 Å². The average Bonchev–Trinajstić information content (AvgIpc) is 3.16. The van der Waals surface area contributed by atoms with Crippen LogP contribution >= 0.6 is 0 Å². The van der Waals surface area contributed by atoms with Crippen molar-refractivity contribution in [1.29, 1.82) is 0 Å². The minimum Gasteiger partial charge on any atom is -0.370 e. The molecule has 0 aromatic carbocycles. The number of nitro groups is 1. The molecule has 6 nitrogen and oxygen atoms in total. The topological polar surface area (TPSA) is 80.1 Å². The van der Waals surface area contributed by atoms with Gasteiger partial charge in [-0.15, -0.1) is 0 Å². The number of nitrogens with one attached hydrogen (secondary N) is 2. The van der Waals surface area contributed by atoms with Crippen molar-refractivity contribution in [2.75, 3.05) is 17.2 Å². The Morgan fingerprint density at radius 1 is 1.43 bits per heavy atom. The van der Waals surface area contributed by atoms with Gasteiger partial charge in [0.1, 0.15) is 11.4 Å². The van der Waals surface area contributed by atoms with Crippen molar-refractivity contribution >= 4 is 17.3 Å². The van der Waals surface area contributed by atoms with Crippen molar-refractivity contribution in [3.63, 3.8) is 0 Å². The fraction of sp³-hybridized carbons (Fsp3) is 0.583. The summed E-state index contributed by atoms with van der Waals surface area (Å²) >= 11 is 0. The predicted molar refractivity (Wildman–Crippen MR) is 71.3 cm³/mol. The lowest BCUT2D eigenvalue weighted by molar-refractivity contribution is -0.384. The summed E-state index contributed by atoms with van der Waals surface area (Å²) in [6.45, 7) is 2.50. The molecule has 0 radical (unpaired) electrons. The van der Waals surface area contributed by atoms with E-state index < -0.39 is 22.3 Å². The van der Waals surface area contributed by atoms with E-state index in [4.69, 9.17) is 0 Å². The Balaban J connectivity index is 2.29. The molecule has 0 bridgehead atoms. The summed E-state index contributed by atoms with van der Waals surface area (Å²) in [6, 6.07) is 2.53. The minimum absolute atomic E-state index is 0.109. The first-order valence-electron chi connectivity index (χ1n) is 6.53. The molecular formula is C12H15F3N4O2. The first-order valence-corrected chi connectivity index (χ1v) is 6.53. The van der Waals surface area contributed by atoms with Crippen LogP contribution in [0.3, 0.4) is 0 Å². The summed E-state index contributed by atoms with van der Waals surface area (Å²) in [7, 11) is 0. The van der Waals surface area contributed by atoms with E-state index in [0.29, 0.717) is 12.4 Å². The number of hydrogen-bond acceptors (Lipinski definition) is 5. The Hall–Kier alpha value is -2.06. The number of halogens is 3. The summed E-state index contributed by atoms with van der Waals surface area (Å²) in [5.74, 6) is -0.0427. The quantitative estimate of drug-likeness (QED) is 0.622. The lowest BCUT2D eigenvalue weighted by Gasteiger charge is -2.21. The SMILES string of the molecule is CCCNc1ccc([N+](=O)[O-])c(NC2(C(F)(F)F)CC2)n1. The second-order valence-electron chi connectivity index (χ2n) is 4.95. The molecule has 0 unspecified atom stereocenters. The van der Waals surface area contributed by atoms with Crippen molar-refractivity contribution < 1.29 is 18.1 Å². The van der Waals surface area contributed by atoms with E-state index in [-0.39, 0.29) is 18.7 Å². The van der Waals surface area contributed by atoms with E-state index in [1.165, 1.54) is 6.07 Å². The molecule has 0 saturated heterocycles. The predicted octanol–water partition coefficient (Wildman–Crippen LogP) is 3.32. The molecule has 116 valence electrons. The summed E-state index contributed by atoms with van der Waals surface area (Å²) in [5, 5.41) is 16.0. The van der Waals surface area contributed by atoms with Crippen LogP contribution < -0.4 is 10.6 Å². The van der Waals surface area contributed by atoms with Crippen LogP contribution in [-0.4, -0.2) is 28.2 Å². The van der Waals surface area contributed by atoms with Gasteiger partial charge in [0.15, 0.2) is 0 Å². The van der Waals surface area contributed by atoms with Gasteiger partial charge in [-0.2, -0.15) is 13.2 Å². The van der Waals surface area contributed by atoms with E-state index in [9.17, 15) is 23.3 Å². The number of hydrogen-bond donors (Lipinski definition) is 2. The molecule has 2 rings (SSSR count). The first kappa shape index (κ1) is 15.3. The van der Waals surface area contributed by atoms with Gasteiger partial charge in [-0.1, -0.05) is 6.92 Å². The molecule has 0 atom stereocenters. The molecule has 1 aliphatic carbocycles. The van der Waals surface area contributed by atoms with Gasteiger partial charge in [0.25, 0.3) is 0 Å². The highest BCUT2D eigenvalue weighted by atomic mass is 19.4. The molecular weight excluding hydrogens is 289 g/mol. The van der Waals surface area contributed by atoms with Gasteiger partial charge in [0.05, 0.1) is 4.92 Å². The number of pyridine rings is 1. The molecule has 1 aromatic heterocycles. The summed E-state index contributed by atoms with van der Waals surface area (Å²) < 4.78 is 38.8. The Morgan fingerprint density at radius 3 is 2.57 bits per heavy atom. The molecule has 0 aliphatic heterocycles. The number of nitrogens with zero attached hydrogens (tertiary/aromatic N) is 2. The van der Waals surface area contributed by atoms with Crippen LogP contribution in [0.4, 0.5) is 30.5 Å². The van der Waals surface area contributed by atoms with E-state index >= 15 is 0 Å². The maximum atomic E-state index is 12.9. The Kier molecular flexibility index (Phi) is 3.93. The van der Waals surface area contributed by atoms with Crippen LogP contribution in [0.5, 0.6) is 0 Å². The van der Waals surface area contributed by atoms with Gasteiger partial charge in [-0.3, -0.25) is 10.1 Å². The third-order valence-corrected chi connectivity index (χ3v) is 3.28. The number of rotatable bonds is 6. The Morgan fingerprint density at radius 2 is 2.10 bits per heavy atom. The zero-order chi connectivity index (χ0) is 15.7. The lowest BCUT2D eigenvalue weighted by atomic mass is 10.2. The van der Waals surface area contributed by atoms with Gasteiger partial charge >= 0.3 is 11.9 Å². The third-order valence-electron chi connectivity index (χ3n) is 3.28. The second-order valence-corrected chi connectivity index (χ2v) is 4.95. The molecule has 1 aliphatic rings. The molecule has 1 heterocycles. The van der Waals surface area contributed by atoms with Crippen molar-refractivity contribution in [3.8, 4) is 0 Å². The highest BCUT2D eigenvalue weighted by Crippen LogP contribution is 2.51. The average molecular weight is 304 g/mol. The summed E-state index contributed by atoms with van der Waals surface area (Å²) in [4.78, 5) is 14.1. The van der Waals surface area contributed by atoms with Crippen molar-refractivity contribution in [2.24, 2.45) is 0 Å². The molecule has 2 N–H and O–H groups in total. The first-order chi connectivity index (χ1) is 9.79. The van der Waals surface area contributed by atoms with Crippen molar-refractivity contribution in [1.82, 2.24) is 4.98 Å². The van der Waals surface area contributed by atoms with Crippen LogP contribution in [0.25, 0.3) is 0 Å². The fourth-order valence-electron chi connectivity index (χ4n) is 1.87. The van der Waals surface area contributed by atoms with E-state index in [2.05, 4.69) is 15.6 Å². The second kappa shape index (κ2) is 5.38. The summed E-state index contributed by atoms with van der Waals surface area (Å²) in [6.07, 6.45) is -3.88. The van der Waals surface area contributed by atoms with Crippen LogP contribution in [0, 0.1) is 10.1 Å². The smallest absolute Gasteiger partial charge is 0.370 e. The molecule has 9 heteroatoms. The number of anilines is 2. The van der Waals surface area contributed by atoms with E-state index in [0.717, 1.165) is 12.5 Å². The molecule has 21 heavy (non-hydrogen) atoms. The molecule has 1 aromatic rings. The van der Waals surface area contributed by atoms with Gasteiger partial charge < -0.3 is 10.6 Å². The zero-order valence-electron chi connectivity index (χ0n) is 11.3. The maximum absolute atomic E-state index is 12.9. The van der Waals surface area contributed by atoms with Crippen LogP contribution in [0.1, 0.15) is 26.2 Å². The van der Waals surface area contributed by atoms with Crippen LogP contribution in [-0.2, 0) is 0 Å². The number of alkyl halides is 3. The van der Waals surface area contributed by atoms with E-state index in [1.807, 2.05) is 6.92 Å². The largest absolute Gasteiger partial charge is 0.411 e. The molecule has 1 fully saturated rings. The fourth-order valence-corrected chi connectivity index (χ4v) is 1.87. The number of aromatic nitrogens is 1. The van der Waals surface area contributed by atoms with E-state index in [1.54, 1.807) is 0 Å². The van der Waals surface area contributed by atoms with Crippen LogP contribution in [0.2, 0.25) is 0 Å². The van der Waals surface area contributed by atoms with Gasteiger partial charge in [-0.05, 0) is 25.3 Å². The normalized spacial score (nSPS) is 16.4. The van der Waals surface area contributed by atoms with Gasteiger partial charge in [0.2, 0.25) is 5.82 Å². The monoisotopic (exact) mass is 304 g/mol. The highest BCUT2D eigenvalue weighted by Gasteiger charge is 2.64. The maximum Gasteiger partial charge on any atom is 0.411 e. The standard InChI is InChI=1S/C12H15F3N4O2/c1-2-7-16-9-4-3-8(19(20)21)10(17-9)18-11(5-6-11)12(13,14)15/h3-4H,2,5-7H2,1H3,(H2,16,17,18). The zero-order valence-corrected chi connectivity index (χ0v) is 11.3. The third kappa shape index (κ3) is 3.17. The van der Waals surface area contributed by atoms with Gasteiger partial charge in [-0.25, -0.2) is 4.98 Å². The molecule has 1 saturated carbocycles. The summed E-state index contributed by atoms with van der Waals surface area (Å²) in [5.41, 5.74) is -2.55. The minimum atomic E-state index is -4.46. The Bertz CT molecular complexity index is 544. The Labute approximate surface area is 118 Å². The van der Waals surface area contributed by atoms with Crippen molar-refractivity contribution in [3.05, 3.63) is 22.2 Å². The molecule has 0 amide bonds.